The summed E-state index contributed by atoms with van der Waals surface area (Å²) in [6.07, 6.45) is 0.662. The number of ether oxygens (including phenoxy) is 1. The highest BCUT2D eigenvalue weighted by molar-refractivity contribution is 5.98. The van der Waals surface area contributed by atoms with Crippen LogP contribution in [0.25, 0.3) is 0 Å². The predicted octanol–water partition coefficient (Wildman–Crippen LogP) is 1.16. The molecule has 3 N–H and O–H groups in total. The second-order valence-electron chi connectivity index (χ2n) is 5.03. The van der Waals surface area contributed by atoms with Crippen LogP contribution in [0, 0.1) is 5.41 Å². The van der Waals surface area contributed by atoms with Crippen LogP contribution < -0.4 is 5.73 Å². The minimum atomic E-state index is -1.51. The van der Waals surface area contributed by atoms with Crippen LogP contribution in [0.15, 0.2) is 0 Å². The lowest BCUT2D eigenvalue weighted by atomic mass is 9.85. The van der Waals surface area contributed by atoms with E-state index < -0.39 is 23.0 Å². The van der Waals surface area contributed by atoms with E-state index >= 15 is 0 Å². The molecule has 16 heavy (non-hydrogen) atoms. The number of hydrogen-bond acceptors (Lipinski definition) is 4. The summed E-state index contributed by atoms with van der Waals surface area (Å²) in [6, 6.07) is 0. The van der Waals surface area contributed by atoms with Crippen molar-refractivity contribution in [2.24, 2.45) is 11.1 Å². The van der Waals surface area contributed by atoms with Crippen LogP contribution in [0.3, 0.4) is 0 Å². The lowest BCUT2D eigenvalue weighted by molar-refractivity contribution is -0.176. The minimum absolute atomic E-state index is 0.188. The van der Waals surface area contributed by atoms with E-state index in [1.807, 2.05) is 0 Å². The van der Waals surface area contributed by atoms with E-state index in [4.69, 9.17) is 15.6 Å². The smallest absolute Gasteiger partial charge is 0.323 e. The molecule has 0 saturated heterocycles. The molecule has 0 fully saturated rings. The van der Waals surface area contributed by atoms with Gasteiger partial charge in [-0.05, 0) is 47.1 Å². The molecule has 5 nitrogen and oxygen atoms in total. The number of carbonyl (C=O) groups excluding carboxylic acids is 1. The molecule has 0 aliphatic heterocycles. The predicted molar refractivity (Wildman–Crippen MR) is 59.9 cm³/mol. The second kappa shape index (κ2) is 5.30. The maximum Gasteiger partial charge on any atom is 0.323 e. The maximum atomic E-state index is 11.8. The summed E-state index contributed by atoms with van der Waals surface area (Å²) >= 11 is 0. The Labute approximate surface area is 96.0 Å². The monoisotopic (exact) mass is 231 g/mol. The van der Waals surface area contributed by atoms with Gasteiger partial charge in [0.05, 0.1) is 0 Å². The largest absolute Gasteiger partial charge is 0.480 e. The summed E-state index contributed by atoms with van der Waals surface area (Å²) in [5.74, 6) is -1.88. The standard InChI is InChI=1S/C11H21NO4/c1-10(2,3)16-9(15)11(4,8(13)14)6-5-7-12/h5-7,12H2,1-4H3,(H,13,14)/t11-/m1/s1. The molecule has 0 aromatic heterocycles. The Hall–Kier alpha value is -1.10. The number of aliphatic carboxylic acids is 1. The average Bonchev–Trinajstić information content (AvgIpc) is 2.10. The molecule has 0 aromatic rings. The summed E-state index contributed by atoms with van der Waals surface area (Å²) in [5.41, 5.74) is 3.13. The van der Waals surface area contributed by atoms with Crippen molar-refractivity contribution >= 4 is 11.9 Å². The van der Waals surface area contributed by atoms with E-state index in [1.54, 1.807) is 20.8 Å². The molecule has 0 saturated carbocycles. The molecular formula is C11H21NO4. The third-order valence-corrected chi connectivity index (χ3v) is 2.20. The Balaban J connectivity index is 4.77. The summed E-state index contributed by atoms with van der Waals surface area (Å²) in [4.78, 5) is 22.9. The molecule has 0 spiro atoms. The summed E-state index contributed by atoms with van der Waals surface area (Å²) in [7, 11) is 0. The second-order valence-corrected chi connectivity index (χ2v) is 5.03. The van der Waals surface area contributed by atoms with Gasteiger partial charge in [0.2, 0.25) is 0 Å². The molecular weight excluding hydrogens is 210 g/mol. The van der Waals surface area contributed by atoms with Crippen LogP contribution in [0.2, 0.25) is 0 Å². The Morgan fingerprint density at radius 2 is 1.75 bits per heavy atom. The zero-order valence-corrected chi connectivity index (χ0v) is 10.4. The fourth-order valence-electron chi connectivity index (χ4n) is 1.14. The van der Waals surface area contributed by atoms with Gasteiger partial charge >= 0.3 is 11.9 Å². The van der Waals surface area contributed by atoms with Gasteiger partial charge in [-0.25, -0.2) is 0 Å². The molecule has 1 atom stereocenters. The molecule has 94 valence electrons. The number of esters is 1. The Bertz CT molecular complexity index is 270. The van der Waals surface area contributed by atoms with Crippen molar-refractivity contribution in [3.63, 3.8) is 0 Å². The van der Waals surface area contributed by atoms with Crippen molar-refractivity contribution in [2.45, 2.75) is 46.1 Å². The highest BCUT2D eigenvalue weighted by Gasteiger charge is 2.43. The first kappa shape index (κ1) is 14.9. The topological polar surface area (TPSA) is 89.6 Å². The number of hydrogen-bond donors (Lipinski definition) is 2. The van der Waals surface area contributed by atoms with E-state index in [1.165, 1.54) is 6.92 Å². The van der Waals surface area contributed by atoms with E-state index in [9.17, 15) is 9.59 Å². The highest BCUT2D eigenvalue weighted by Crippen LogP contribution is 2.27. The molecule has 0 radical (unpaired) electrons. The zero-order chi connectivity index (χ0) is 13.0. The first-order chi connectivity index (χ1) is 7.13. The lowest BCUT2D eigenvalue weighted by Gasteiger charge is -2.28. The fraction of sp³-hybridized carbons (Fsp3) is 0.818. The van der Waals surface area contributed by atoms with E-state index in [-0.39, 0.29) is 6.42 Å². The van der Waals surface area contributed by atoms with Gasteiger partial charge in [0.1, 0.15) is 5.60 Å². The van der Waals surface area contributed by atoms with Gasteiger partial charge in [-0.1, -0.05) is 0 Å². The van der Waals surface area contributed by atoms with E-state index in [0.717, 1.165) is 0 Å². The molecule has 0 heterocycles. The van der Waals surface area contributed by atoms with Gasteiger partial charge in [0, 0.05) is 0 Å². The maximum absolute atomic E-state index is 11.8. The molecule has 0 aliphatic carbocycles. The minimum Gasteiger partial charge on any atom is -0.480 e. The quantitative estimate of drug-likeness (QED) is 0.547. The van der Waals surface area contributed by atoms with E-state index in [0.29, 0.717) is 13.0 Å². The number of carboxylic acid groups (broad SMARTS) is 1. The SMILES string of the molecule is CC(C)(C)OC(=O)[C@](C)(CCCN)C(=O)O. The van der Waals surface area contributed by atoms with Gasteiger partial charge in [0.15, 0.2) is 5.41 Å². The molecule has 5 heteroatoms. The van der Waals surface area contributed by atoms with Crippen LogP contribution in [0.4, 0.5) is 0 Å². The normalized spacial score (nSPS) is 15.3. The van der Waals surface area contributed by atoms with Crippen molar-refractivity contribution < 1.29 is 19.4 Å². The number of carboxylic acids is 1. The van der Waals surface area contributed by atoms with Crippen LogP contribution in [0.1, 0.15) is 40.5 Å². The molecule has 0 aliphatic rings. The van der Waals surface area contributed by atoms with E-state index in [2.05, 4.69) is 0 Å². The molecule has 0 aromatic carbocycles. The number of rotatable bonds is 5. The van der Waals surface area contributed by atoms with Gasteiger partial charge in [0.25, 0.3) is 0 Å². The van der Waals surface area contributed by atoms with Crippen LogP contribution in [-0.4, -0.2) is 29.2 Å². The van der Waals surface area contributed by atoms with Crippen molar-refractivity contribution in [3.05, 3.63) is 0 Å². The number of nitrogens with two attached hydrogens (primary N) is 1. The zero-order valence-electron chi connectivity index (χ0n) is 10.4. The van der Waals surface area contributed by atoms with Crippen LogP contribution >= 0.6 is 0 Å². The van der Waals surface area contributed by atoms with Crippen molar-refractivity contribution in [2.75, 3.05) is 6.54 Å². The van der Waals surface area contributed by atoms with Crippen LogP contribution in [-0.2, 0) is 14.3 Å². The Morgan fingerprint density at radius 3 is 2.06 bits per heavy atom. The molecule has 0 rings (SSSR count). The highest BCUT2D eigenvalue weighted by atomic mass is 16.6. The molecule has 0 amide bonds. The first-order valence-corrected chi connectivity index (χ1v) is 5.30. The lowest BCUT2D eigenvalue weighted by Crippen LogP contribution is -2.41. The van der Waals surface area contributed by atoms with Crippen molar-refractivity contribution in [3.8, 4) is 0 Å². The van der Waals surface area contributed by atoms with Crippen molar-refractivity contribution in [1.29, 1.82) is 0 Å². The summed E-state index contributed by atoms with van der Waals surface area (Å²) in [6.45, 7) is 6.84. The summed E-state index contributed by atoms with van der Waals surface area (Å²) in [5, 5.41) is 9.08. The Kier molecular flexibility index (Phi) is 4.93. The van der Waals surface area contributed by atoms with Gasteiger partial charge < -0.3 is 15.6 Å². The Morgan fingerprint density at radius 1 is 1.25 bits per heavy atom. The number of carbonyl (C=O) groups is 2. The molecule has 0 unspecified atom stereocenters. The average molecular weight is 231 g/mol. The van der Waals surface area contributed by atoms with Gasteiger partial charge in [-0.15, -0.1) is 0 Å². The fourth-order valence-corrected chi connectivity index (χ4v) is 1.14. The molecule has 0 bridgehead atoms. The third kappa shape index (κ3) is 4.18. The van der Waals surface area contributed by atoms with Crippen LogP contribution in [0.5, 0.6) is 0 Å². The van der Waals surface area contributed by atoms with Gasteiger partial charge in [-0.3, -0.25) is 9.59 Å². The van der Waals surface area contributed by atoms with Crippen molar-refractivity contribution in [1.82, 2.24) is 0 Å². The third-order valence-electron chi connectivity index (χ3n) is 2.20. The first-order valence-electron chi connectivity index (χ1n) is 5.30. The van der Waals surface area contributed by atoms with Gasteiger partial charge in [-0.2, -0.15) is 0 Å². The summed E-state index contributed by atoms with van der Waals surface area (Å²) < 4.78 is 5.10.